The van der Waals surface area contributed by atoms with Crippen LogP contribution in [0.3, 0.4) is 0 Å². The summed E-state index contributed by atoms with van der Waals surface area (Å²) in [5, 5.41) is 1.12. The number of likely N-dealkylation sites (tertiary alicyclic amines) is 1. The van der Waals surface area contributed by atoms with Crippen molar-refractivity contribution in [2.45, 2.75) is 12.8 Å². The maximum Gasteiger partial charge on any atom is 0.222 e. The number of para-hydroxylation sites is 1. The van der Waals surface area contributed by atoms with Gasteiger partial charge in [0.25, 0.3) is 0 Å². The normalized spacial score (nSPS) is 19.5. The molecule has 19 heavy (non-hydrogen) atoms. The first-order valence-corrected chi connectivity index (χ1v) is 6.71. The molecule has 4 nitrogen and oxygen atoms in total. The van der Waals surface area contributed by atoms with E-state index in [1.54, 1.807) is 0 Å². The number of benzene rings is 1. The zero-order valence-corrected chi connectivity index (χ0v) is 10.8. The largest absolute Gasteiger partial charge is 0.461 e. The van der Waals surface area contributed by atoms with Crippen LogP contribution in [0.15, 0.2) is 34.7 Å². The molecule has 0 aliphatic carbocycles. The maximum atomic E-state index is 11.8. The summed E-state index contributed by atoms with van der Waals surface area (Å²) >= 11 is 0. The van der Waals surface area contributed by atoms with Crippen molar-refractivity contribution in [3.8, 4) is 0 Å². The molecule has 100 valence electrons. The molecule has 1 aliphatic heterocycles. The predicted molar refractivity (Wildman–Crippen MR) is 73.7 cm³/mol. The SMILES string of the molecule is NCC1CC(=O)N(CCc2cc3ccccc3o2)C1. The molecule has 3 rings (SSSR count). The molecule has 1 aromatic heterocycles. The number of carbonyl (C=O) groups is 1. The molecule has 2 heterocycles. The van der Waals surface area contributed by atoms with Crippen LogP contribution in [0.5, 0.6) is 0 Å². The highest BCUT2D eigenvalue weighted by molar-refractivity contribution is 5.79. The molecule has 1 aliphatic rings. The van der Waals surface area contributed by atoms with Crippen LogP contribution >= 0.6 is 0 Å². The van der Waals surface area contributed by atoms with Crippen molar-refractivity contribution in [1.82, 2.24) is 4.90 Å². The van der Waals surface area contributed by atoms with Gasteiger partial charge in [0.05, 0.1) is 0 Å². The zero-order chi connectivity index (χ0) is 13.2. The third kappa shape index (κ3) is 2.49. The third-order valence-electron chi connectivity index (χ3n) is 3.73. The van der Waals surface area contributed by atoms with Gasteiger partial charge >= 0.3 is 0 Å². The van der Waals surface area contributed by atoms with E-state index in [-0.39, 0.29) is 5.91 Å². The van der Waals surface area contributed by atoms with Crippen molar-refractivity contribution in [3.63, 3.8) is 0 Å². The van der Waals surface area contributed by atoms with Gasteiger partial charge in [0, 0.05) is 31.3 Å². The summed E-state index contributed by atoms with van der Waals surface area (Å²) in [7, 11) is 0. The zero-order valence-electron chi connectivity index (χ0n) is 10.8. The van der Waals surface area contributed by atoms with E-state index >= 15 is 0 Å². The van der Waals surface area contributed by atoms with E-state index in [1.807, 2.05) is 29.2 Å². The van der Waals surface area contributed by atoms with Gasteiger partial charge < -0.3 is 15.1 Å². The van der Waals surface area contributed by atoms with Gasteiger partial charge in [-0.3, -0.25) is 4.79 Å². The van der Waals surface area contributed by atoms with E-state index in [2.05, 4.69) is 6.07 Å². The second-order valence-electron chi connectivity index (χ2n) is 5.15. The lowest BCUT2D eigenvalue weighted by atomic mass is 10.1. The lowest BCUT2D eigenvalue weighted by Gasteiger charge is -2.15. The molecule has 0 bridgehead atoms. The van der Waals surface area contributed by atoms with Crippen LogP contribution in [0.1, 0.15) is 12.2 Å². The first-order chi connectivity index (χ1) is 9.26. The van der Waals surface area contributed by atoms with Crippen molar-refractivity contribution < 1.29 is 9.21 Å². The van der Waals surface area contributed by atoms with E-state index in [0.29, 0.717) is 18.9 Å². The number of fused-ring (bicyclic) bond motifs is 1. The Morgan fingerprint density at radius 3 is 2.95 bits per heavy atom. The van der Waals surface area contributed by atoms with Gasteiger partial charge in [-0.1, -0.05) is 18.2 Å². The molecule has 2 aromatic rings. The summed E-state index contributed by atoms with van der Waals surface area (Å²) in [4.78, 5) is 13.7. The number of rotatable bonds is 4. The van der Waals surface area contributed by atoms with Crippen molar-refractivity contribution >= 4 is 16.9 Å². The van der Waals surface area contributed by atoms with Crippen molar-refractivity contribution in [2.24, 2.45) is 11.7 Å². The average Bonchev–Trinajstić information content (AvgIpc) is 2.99. The van der Waals surface area contributed by atoms with Gasteiger partial charge in [-0.25, -0.2) is 0 Å². The van der Waals surface area contributed by atoms with Crippen LogP contribution in [0.4, 0.5) is 0 Å². The Kier molecular flexibility index (Phi) is 3.25. The van der Waals surface area contributed by atoms with Gasteiger partial charge in [-0.05, 0) is 24.6 Å². The van der Waals surface area contributed by atoms with Crippen molar-refractivity contribution in [2.75, 3.05) is 19.6 Å². The number of furan rings is 1. The quantitative estimate of drug-likeness (QED) is 0.909. The minimum absolute atomic E-state index is 0.214. The lowest BCUT2D eigenvalue weighted by molar-refractivity contribution is -0.127. The van der Waals surface area contributed by atoms with E-state index in [0.717, 1.165) is 36.2 Å². The van der Waals surface area contributed by atoms with E-state index < -0.39 is 0 Å². The Morgan fingerprint density at radius 2 is 2.21 bits per heavy atom. The van der Waals surface area contributed by atoms with E-state index in [1.165, 1.54) is 0 Å². The molecule has 1 saturated heterocycles. The first-order valence-electron chi connectivity index (χ1n) is 6.71. The van der Waals surface area contributed by atoms with Crippen LogP contribution in [0, 0.1) is 5.92 Å². The summed E-state index contributed by atoms with van der Waals surface area (Å²) in [6.45, 7) is 2.09. The summed E-state index contributed by atoms with van der Waals surface area (Å²) < 4.78 is 5.75. The smallest absolute Gasteiger partial charge is 0.222 e. The molecular weight excluding hydrogens is 240 g/mol. The van der Waals surface area contributed by atoms with E-state index in [9.17, 15) is 4.79 Å². The number of hydrogen-bond donors (Lipinski definition) is 1. The number of hydrogen-bond acceptors (Lipinski definition) is 3. The molecule has 4 heteroatoms. The molecule has 0 spiro atoms. The molecule has 1 atom stereocenters. The predicted octanol–water partition coefficient (Wildman–Crippen LogP) is 1.78. The molecule has 1 aromatic carbocycles. The highest BCUT2D eigenvalue weighted by atomic mass is 16.3. The second-order valence-corrected chi connectivity index (χ2v) is 5.15. The monoisotopic (exact) mass is 258 g/mol. The standard InChI is InChI=1S/C15H18N2O2/c16-9-11-7-15(18)17(10-11)6-5-13-8-12-3-1-2-4-14(12)19-13/h1-4,8,11H,5-7,9-10,16H2. The van der Waals surface area contributed by atoms with Crippen LogP contribution in [-0.2, 0) is 11.2 Å². The summed E-state index contributed by atoms with van der Waals surface area (Å²) in [5.41, 5.74) is 6.53. The molecule has 1 amide bonds. The third-order valence-corrected chi connectivity index (χ3v) is 3.73. The van der Waals surface area contributed by atoms with E-state index in [4.69, 9.17) is 10.2 Å². The number of nitrogens with zero attached hydrogens (tertiary/aromatic N) is 1. The molecular formula is C15H18N2O2. The van der Waals surface area contributed by atoms with Crippen LogP contribution < -0.4 is 5.73 Å². The van der Waals surface area contributed by atoms with Crippen LogP contribution in [0.25, 0.3) is 11.0 Å². The Bertz CT molecular complexity index is 558. The van der Waals surface area contributed by atoms with Crippen molar-refractivity contribution in [1.29, 1.82) is 0 Å². The maximum absolute atomic E-state index is 11.8. The van der Waals surface area contributed by atoms with Gasteiger partial charge in [-0.2, -0.15) is 0 Å². The summed E-state index contributed by atoms with van der Waals surface area (Å²) in [6, 6.07) is 10.0. The lowest BCUT2D eigenvalue weighted by Crippen LogP contribution is -2.28. The first kappa shape index (κ1) is 12.2. The highest BCUT2D eigenvalue weighted by Gasteiger charge is 2.28. The Balaban J connectivity index is 1.64. The fourth-order valence-corrected chi connectivity index (χ4v) is 2.63. The summed E-state index contributed by atoms with van der Waals surface area (Å²) in [6.07, 6.45) is 1.36. The minimum atomic E-state index is 0.214. The molecule has 0 saturated carbocycles. The van der Waals surface area contributed by atoms with Crippen LogP contribution in [-0.4, -0.2) is 30.4 Å². The topological polar surface area (TPSA) is 59.5 Å². The summed E-state index contributed by atoms with van der Waals surface area (Å²) in [5.74, 6) is 1.47. The molecule has 1 fully saturated rings. The van der Waals surface area contributed by atoms with Gasteiger partial charge in [-0.15, -0.1) is 0 Å². The molecule has 2 N–H and O–H groups in total. The fourth-order valence-electron chi connectivity index (χ4n) is 2.63. The number of nitrogens with two attached hydrogens (primary N) is 1. The molecule has 1 unspecified atom stereocenters. The average molecular weight is 258 g/mol. The molecule has 0 radical (unpaired) electrons. The minimum Gasteiger partial charge on any atom is -0.461 e. The van der Waals surface area contributed by atoms with Gasteiger partial charge in [0.1, 0.15) is 11.3 Å². The van der Waals surface area contributed by atoms with Crippen LogP contribution in [0.2, 0.25) is 0 Å². The Labute approximate surface area is 112 Å². The Hall–Kier alpha value is -1.81. The van der Waals surface area contributed by atoms with Gasteiger partial charge in [0.2, 0.25) is 5.91 Å². The highest BCUT2D eigenvalue weighted by Crippen LogP contribution is 2.21. The van der Waals surface area contributed by atoms with Crippen molar-refractivity contribution in [3.05, 3.63) is 36.1 Å². The fraction of sp³-hybridized carbons (Fsp3) is 0.400. The number of carbonyl (C=O) groups excluding carboxylic acids is 1. The second kappa shape index (κ2) is 5.05. The van der Waals surface area contributed by atoms with Gasteiger partial charge in [0.15, 0.2) is 0 Å². The Morgan fingerprint density at radius 1 is 1.37 bits per heavy atom. The number of amides is 1.